The van der Waals surface area contributed by atoms with Gasteiger partial charge in [0.1, 0.15) is 0 Å². The first kappa shape index (κ1) is 12.4. The van der Waals surface area contributed by atoms with Crippen LogP contribution < -0.4 is 4.74 Å². The van der Waals surface area contributed by atoms with Crippen molar-refractivity contribution in [3.8, 4) is 5.75 Å². The summed E-state index contributed by atoms with van der Waals surface area (Å²) in [5.41, 5.74) is 1.20. The number of hydrogen-bond acceptors (Lipinski definition) is 2. The lowest BCUT2D eigenvalue weighted by Crippen LogP contribution is -2.01. The molecule has 0 radical (unpaired) electrons. The first-order chi connectivity index (χ1) is 7.58. The summed E-state index contributed by atoms with van der Waals surface area (Å²) < 4.78 is 18.1. The fraction of sp³-hybridized carbons (Fsp3) is 0.308. The van der Waals surface area contributed by atoms with Gasteiger partial charge in [-0.25, -0.2) is 4.39 Å². The summed E-state index contributed by atoms with van der Waals surface area (Å²) in [6.45, 7) is 5.69. The molecule has 0 spiro atoms. The maximum absolute atomic E-state index is 13.3. The molecule has 0 aliphatic rings. The van der Waals surface area contributed by atoms with E-state index >= 15 is 0 Å². The molecule has 3 heteroatoms. The van der Waals surface area contributed by atoms with Crippen LogP contribution >= 0.6 is 0 Å². The number of hydrogen-bond donors (Lipinski definition) is 0. The first-order valence-electron chi connectivity index (χ1n) is 5.11. The lowest BCUT2D eigenvalue weighted by Gasteiger charge is -2.05. The van der Waals surface area contributed by atoms with Gasteiger partial charge in [0.05, 0.1) is 7.11 Å². The lowest BCUT2D eigenvalue weighted by atomic mass is 10.0. The zero-order chi connectivity index (χ0) is 12.1. The van der Waals surface area contributed by atoms with Gasteiger partial charge < -0.3 is 4.74 Å². The Balaban J connectivity index is 2.85. The maximum atomic E-state index is 13.3. The third-order valence-electron chi connectivity index (χ3n) is 2.38. The smallest absolute Gasteiger partial charge is 0.166 e. The van der Waals surface area contributed by atoms with Crippen molar-refractivity contribution in [3.05, 3.63) is 41.7 Å². The Hall–Kier alpha value is -1.64. The molecule has 0 aliphatic carbocycles. The second-order valence-electron chi connectivity index (χ2n) is 3.55. The van der Waals surface area contributed by atoms with Crippen LogP contribution in [0.15, 0.2) is 30.4 Å². The fourth-order valence-corrected chi connectivity index (χ4v) is 1.29. The number of carbonyl (C=O) groups excluding carboxylic acids is 1. The largest absolute Gasteiger partial charge is 0.494 e. The molecule has 0 bridgehead atoms. The first-order valence-corrected chi connectivity index (χ1v) is 5.11. The van der Waals surface area contributed by atoms with E-state index in [2.05, 4.69) is 6.58 Å². The molecule has 16 heavy (non-hydrogen) atoms. The van der Waals surface area contributed by atoms with Crippen LogP contribution in [0.4, 0.5) is 4.39 Å². The Morgan fingerprint density at radius 2 is 2.19 bits per heavy atom. The van der Waals surface area contributed by atoms with E-state index in [9.17, 15) is 9.18 Å². The average molecular weight is 222 g/mol. The van der Waals surface area contributed by atoms with E-state index in [0.717, 1.165) is 12.0 Å². The monoisotopic (exact) mass is 222 g/mol. The molecule has 0 atom stereocenters. The van der Waals surface area contributed by atoms with Gasteiger partial charge >= 0.3 is 0 Å². The maximum Gasteiger partial charge on any atom is 0.166 e. The second kappa shape index (κ2) is 5.45. The van der Waals surface area contributed by atoms with Gasteiger partial charge in [0.15, 0.2) is 17.3 Å². The topological polar surface area (TPSA) is 26.3 Å². The molecule has 0 saturated carbocycles. The van der Waals surface area contributed by atoms with Crippen LogP contribution in [0.2, 0.25) is 0 Å². The number of rotatable bonds is 5. The number of ketones is 1. The van der Waals surface area contributed by atoms with Gasteiger partial charge in [0, 0.05) is 12.0 Å². The van der Waals surface area contributed by atoms with Crippen LogP contribution in [0.5, 0.6) is 5.75 Å². The predicted molar refractivity (Wildman–Crippen MR) is 61.3 cm³/mol. The van der Waals surface area contributed by atoms with E-state index in [-0.39, 0.29) is 18.0 Å². The van der Waals surface area contributed by atoms with Gasteiger partial charge in [-0.05, 0) is 24.6 Å². The summed E-state index contributed by atoms with van der Waals surface area (Å²) in [7, 11) is 1.39. The molecule has 0 aromatic heterocycles. The van der Waals surface area contributed by atoms with Gasteiger partial charge in [-0.1, -0.05) is 19.1 Å². The second-order valence-corrected chi connectivity index (χ2v) is 3.55. The van der Waals surface area contributed by atoms with Crippen molar-refractivity contribution in [1.29, 1.82) is 0 Å². The number of Topliss-reactive ketones (excluding diaryl/α,β-unsaturated/α-hetero) is 1. The Morgan fingerprint density at radius 3 is 2.69 bits per heavy atom. The van der Waals surface area contributed by atoms with Crippen molar-refractivity contribution >= 4 is 5.78 Å². The molecule has 2 nitrogen and oxygen atoms in total. The summed E-state index contributed by atoms with van der Waals surface area (Å²) in [4.78, 5) is 11.7. The van der Waals surface area contributed by atoms with Crippen molar-refractivity contribution in [1.82, 2.24) is 0 Å². The number of halogens is 1. The van der Waals surface area contributed by atoms with E-state index in [1.54, 1.807) is 6.07 Å². The highest BCUT2D eigenvalue weighted by Gasteiger charge is 2.10. The highest BCUT2D eigenvalue weighted by atomic mass is 19.1. The minimum absolute atomic E-state index is 0.117. The van der Waals surface area contributed by atoms with Crippen LogP contribution in [0.3, 0.4) is 0 Å². The van der Waals surface area contributed by atoms with E-state index in [4.69, 9.17) is 4.74 Å². The molecule has 1 aromatic carbocycles. The van der Waals surface area contributed by atoms with Gasteiger partial charge in [-0.3, -0.25) is 4.79 Å². The van der Waals surface area contributed by atoms with Crippen molar-refractivity contribution in [2.75, 3.05) is 7.11 Å². The van der Waals surface area contributed by atoms with E-state index in [1.165, 1.54) is 19.2 Å². The predicted octanol–water partition coefficient (Wildman–Crippen LogP) is 3.37. The molecular weight excluding hydrogens is 207 g/mol. The summed E-state index contributed by atoms with van der Waals surface area (Å²) >= 11 is 0. The molecule has 0 fully saturated rings. The molecule has 0 N–H and O–H groups in total. The van der Waals surface area contributed by atoms with Crippen LogP contribution in [-0.2, 0) is 0 Å². The minimum atomic E-state index is -0.518. The van der Waals surface area contributed by atoms with Crippen molar-refractivity contribution < 1.29 is 13.9 Å². The Bertz CT molecular complexity index is 410. The van der Waals surface area contributed by atoms with Crippen LogP contribution in [0.25, 0.3) is 0 Å². The van der Waals surface area contributed by atoms with E-state index in [1.807, 2.05) is 6.92 Å². The molecule has 0 amide bonds. The summed E-state index contributed by atoms with van der Waals surface area (Å²) in [5.74, 6) is -0.491. The molecule has 0 aliphatic heterocycles. The van der Waals surface area contributed by atoms with Crippen molar-refractivity contribution in [2.24, 2.45) is 0 Å². The zero-order valence-corrected chi connectivity index (χ0v) is 9.55. The number of methoxy groups -OCH3 is 1. The quantitative estimate of drug-likeness (QED) is 0.564. The van der Waals surface area contributed by atoms with E-state index in [0.29, 0.717) is 5.56 Å². The van der Waals surface area contributed by atoms with Crippen LogP contribution in [-0.4, -0.2) is 12.9 Å². The molecule has 1 rings (SSSR count). The molecule has 0 unspecified atom stereocenters. The minimum Gasteiger partial charge on any atom is -0.494 e. The van der Waals surface area contributed by atoms with E-state index < -0.39 is 5.82 Å². The lowest BCUT2D eigenvalue weighted by molar-refractivity contribution is 0.0992. The molecule has 1 aromatic rings. The van der Waals surface area contributed by atoms with Gasteiger partial charge in [-0.2, -0.15) is 0 Å². The molecule has 0 heterocycles. The third kappa shape index (κ3) is 2.92. The highest BCUT2D eigenvalue weighted by Crippen LogP contribution is 2.19. The van der Waals surface area contributed by atoms with Gasteiger partial charge in [0.25, 0.3) is 0 Å². The zero-order valence-electron chi connectivity index (χ0n) is 9.55. The van der Waals surface area contributed by atoms with Crippen LogP contribution in [0, 0.1) is 5.82 Å². The third-order valence-corrected chi connectivity index (χ3v) is 2.38. The standard InChI is InChI=1S/C13H15FO2/c1-4-9(2)7-12(15)10-5-6-13(16-3)11(14)8-10/h5-6,8H,2,4,7H2,1,3H3. The fourth-order valence-electron chi connectivity index (χ4n) is 1.29. The molecule has 0 saturated heterocycles. The highest BCUT2D eigenvalue weighted by molar-refractivity contribution is 5.97. The van der Waals surface area contributed by atoms with Crippen LogP contribution in [0.1, 0.15) is 30.1 Å². The van der Waals surface area contributed by atoms with Crippen molar-refractivity contribution in [3.63, 3.8) is 0 Å². The SMILES string of the molecule is C=C(CC)CC(=O)c1ccc(OC)c(F)c1. The molecule has 86 valence electrons. The normalized spacial score (nSPS) is 9.94. The van der Waals surface area contributed by atoms with Gasteiger partial charge in [-0.15, -0.1) is 0 Å². The summed E-state index contributed by atoms with van der Waals surface area (Å²) in [6, 6.07) is 4.22. The number of allylic oxidation sites excluding steroid dienone is 1. The number of ether oxygens (including phenoxy) is 1. The van der Waals surface area contributed by atoms with Gasteiger partial charge in [0.2, 0.25) is 0 Å². The number of benzene rings is 1. The molecular formula is C13H15FO2. The average Bonchev–Trinajstić information content (AvgIpc) is 2.28. The summed E-state index contributed by atoms with van der Waals surface area (Å²) in [5, 5.41) is 0. The Labute approximate surface area is 94.7 Å². The summed E-state index contributed by atoms with van der Waals surface area (Å²) in [6.07, 6.45) is 1.02. The van der Waals surface area contributed by atoms with Crippen molar-refractivity contribution in [2.45, 2.75) is 19.8 Å². The Morgan fingerprint density at radius 1 is 1.50 bits per heavy atom. The number of carbonyl (C=O) groups is 1. The Kier molecular flexibility index (Phi) is 4.23.